The second-order valence-corrected chi connectivity index (χ2v) is 6.84. The van der Waals surface area contributed by atoms with Crippen LogP contribution in [0.25, 0.3) is 10.4 Å². The molecule has 0 radical (unpaired) electrons. The number of benzene rings is 2. The monoisotopic (exact) mass is 364 g/mol. The van der Waals surface area contributed by atoms with E-state index in [9.17, 15) is 9.59 Å². The molecule has 0 aliphatic heterocycles. The van der Waals surface area contributed by atoms with Crippen LogP contribution < -0.4 is 10.6 Å². The molecule has 132 valence electrons. The highest BCUT2D eigenvalue weighted by molar-refractivity contribution is 7.13. The van der Waals surface area contributed by atoms with E-state index in [1.54, 1.807) is 17.4 Å². The summed E-state index contributed by atoms with van der Waals surface area (Å²) in [5.41, 5.74) is 3.33. The number of nitrogens with one attached hydrogen (secondary N) is 2. The normalized spacial score (nSPS) is 10.3. The lowest BCUT2D eigenvalue weighted by Gasteiger charge is -2.11. The van der Waals surface area contributed by atoms with Crippen molar-refractivity contribution in [2.24, 2.45) is 0 Å². The molecule has 5 heteroatoms. The van der Waals surface area contributed by atoms with Crippen LogP contribution in [0.5, 0.6) is 0 Å². The predicted molar refractivity (Wildman–Crippen MR) is 107 cm³/mol. The summed E-state index contributed by atoms with van der Waals surface area (Å²) in [6, 6.07) is 19.1. The van der Waals surface area contributed by atoms with Gasteiger partial charge >= 0.3 is 0 Å². The molecule has 3 rings (SSSR count). The van der Waals surface area contributed by atoms with Crippen molar-refractivity contribution in [3.05, 3.63) is 77.2 Å². The van der Waals surface area contributed by atoms with Crippen LogP contribution in [-0.2, 0) is 4.79 Å². The first-order valence-corrected chi connectivity index (χ1v) is 9.29. The van der Waals surface area contributed by atoms with Gasteiger partial charge in [-0.1, -0.05) is 42.5 Å². The van der Waals surface area contributed by atoms with Crippen LogP contribution in [0.4, 0.5) is 5.69 Å². The smallest absolute Gasteiger partial charge is 0.251 e. The second kappa shape index (κ2) is 8.45. The van der Waals surface area contributed by atoms with Crippen LogP contribution in [-0.4, -0.2) is 18.4 Å². The average molecular weight is 364 g/mol. The number of hydrogen-bond acceptors (Lipinski definition) is 3. The number of thiophene rings is 1. The number of aryl methyl sites for hydroxylation is 1. The summed E-state index contributed by atoms with van der Waals surface area (Å²) < 4.78 is 0. The molecule has 0 aliphatic rings. The highest BCUT2D eigenvalue weighted by Crippen LogP contribution is 2.31. The van der Waals surface area contributed by atoms with Crippen molar-refractivity contribution in [3.8, 4) is 10.4 Å². The van der Waals surface area contributed by atoms with Gasteiger partial charge in [-0.3, -0.25) is 9.59 Å². The lowest BCUT2D eigenvalue weighted by Crippen LogP contribution is -2.28. The number of para-hydroxylation sites is 1. The summed E-state index contributed by atoms with van der Waals surface area (Å²) in [6.45, 7) is 2.18. The van der Waals surface area contributed by atoms with E-state index in [4.69, 9.17) is 0 Å². The lowest BCUT2D eigenvalue weighted by molar-refractivity contribution is -0.116. The Balaban J connectivity index is 1.56. The van der Waals surface area contributed by atoms with Gasteiger partial charge in [-0.05, 0) is 36.1 Å². The molecule has 0 bridgehead atoms. The van der Waals surface area contributed by atoms with E-state index in [2.05, 4.69) is 10.6 Å². The zero-order chi connectivity index (χ0) is 18.4. The number of anilines is 1. The van der Waals surface area contributed by atoms with E-state index in [0.29, 0.717) is 12.1 Å². The molecule has 0 saturated heterocycles. The van der Waals surface area contributed by atoms with E-state index >= 15 is 0 Å². The molecule has 0 saturated carbocycles. The van der Waals surface area contributed by atoms with Gasteiger partial charge in [-0.25, -0.2) is 0 Å². The molecular weight excluding hydrogens is 344 g/mol. The van der Waals surface area contributed by atoms with Crippen molar-refractivity contribution >= 4 is 28.8 Å². The Morgan fingerprint density at radius 3 is 2.50 bits per heavy atom. The molecule has 2 N–H and O–H groups in total. The fraction of sp³-hybridized carbons (Fsp3) is 0.143. The van der Waals surface area contributed by atoms with Crippen LogP contribution in [0.1, 0.15) is 22.3 Å². The quantitative estimate of drug-likeness (QED) is 0.677. The molecule has 2 aromatic carbocycles. The summed E-state index contributed by atoms with van der Waals surface area (Å²) in [5.74, 6) is -0.283. The van der Waals surface area contributed by atoms with Crippen molar-refractivity contribution in [1.82, 2.24) is 5.32 Å². The van der Waals surface area contributed by atoms with Gasteiger partial charge in [-0.15, -0.1) is 11.3 Å². The Morgan fingerprint density at radius 1 is 0.962 bits per heavy atom. The van der Waals surface area contributed by atoms with Crippen LogP contribution >= 0.6 is 11.3 Å². The summed E-state index contributed by atoms with van der Waals surface area (Å²) in [4.78, 5) is 25.5. The topological polar surface area (TPSA) is 58.2 Å². The van der Waals surface area contributed by atoms with Crippen LogP contribution in [0.2, 0.25) is 0 Å². The van der Waals surface area contributed by atoms with Crippen molar-refractivity contribution in [3.63, 3.8) is 0 Å². The molecular formula is C21H20N2O2S. The Morgan fingerprint density at radius 2 is 1.73 bits per heavy atom. The molecule has 0 fully saturated rings. The van der Waals surface area contributed by atoms with Crippen LogP contribution in [0.3, 0.4) is 0 Å². The maximum atomic E-state index is 12.3. The Labute approximate surface area is 156 Å². The largest absolute Gasteiger partial charge is 0.352 e. The van der Waals surface area contributed by atoms with Crippen molar-refractivity contribution in [2.75, 3.05) is 11.9 Å². The van der Waals surface area contributed by atoms with Crippen molar-refractivity contribution in [2.45, 2.75) is 13.3 Å². The second-order valence-electron chi connectivity index (χ2n) is 5.89. The van der Waals surface area contributed by atoms with Gasteiger partial charge in [0.25, 0.3) is 5.91 Å². The number of rotatable bonds is 6. The molecule has 1 aromatic heterocycles. The minimum absolute atomic E-state index is 0.126. The maximum Gasteiger partial charge on any atom is 0.251 e. The van der Waals surface area contributed by atoms with E-state index in [1.807, 2.05) is 66.9 Å². The SMILES string of the molecule is Cc1ccccc1C(=O)NCCC(=O)Nc1ccccc1-c1cccs1. The molecule has 0 aliphatic carbocycles. The van der Waals surface area contributed by atoms with Gasteiger partial charge in [0.05, 0.1) is 0 Å². The zero-order valence-corrected chi connectivity index (χ0v) is 15.3. The molecule has 26 heavy (non-hydrogen) atoms. The van der Waals surface area contributed by atoms with E-state index in [0.717, 1.165) is 21.7 Å². The Hall–Kier alpha value is -2.92. The first-order valence-electron chi connectivity index (χ1n) is 8.42. The first-order chi connectivity index (χ1) is 12.6. The molecule has 2 amide bonds. The molecule has 0 spiro atoms. The highest BCUT2D eigenvalue weighted by Gasteiger charge is 2.11. The van der Waals surface area contributed by atoms with E-state index < -0.39 is 0 Å². The van der Waals surface area contributed by atoms with E-state index in [1.165, 1.54) is 0 Å². The molecule has 0 atom stereocenters. The van der Waals surface area contributed by atoms with Crippen LogP contribution in [0.15, 0.2) is 66.0 Å². The fourth-order valence-electron chi connectivity index (χ4n) is 2.66. The number of amides is 2. The van der Waals surface area contributed by atoms with Gasteiger partial charge < -0.3 is 10.6 Å². The fourth-order valence-corrected chi connectivity index (χ4v) is 3.43. The van der Waals surface area contributed by atoms with E-state index in [-0.39, 0.29) is 18.2 Å². The number of carbonyl (C=O) groups is 2. The summed E-state index contributed by atoms with van der Waals surface area (Å²) in [6.07, 6.45) is 0.219. The molecule has 0 unspecified atom stereocenters. The molecule has 1 heterocycles. The third kappa shape index (κ3) is 4.37. The third-order valence-corrected chi connectivity index (χ3v) is 4.92. The third-order valence-electron chi connectivity index (χ3n) is 4.02. The Kier molecular flexibility index (Phi) is 5.81. The van der Waals surface area contributed by atoms with Crippen molar-refractivity contribution < 1.29 is 9.59 Å². The minimum atomic E-state index is -0.158. The van der Waals surface area contributed by atoms with Gasteiger partial charge in [0.2, 0.25) is 5.91 Å². The van der Waals surface area contributed by atoms with Crippen molar-refractivity contribution in [1.29, 1.82) is 0 Å². The molecule has 4 nitrogen and oxygen atoms in total. The summed E-state index contributed by atoms with van der Waals surface area (Å²) >= 11 is 1.63. The summed E-state index contributed by atoms with van der Waals surface area (Å²) in [5, 5.41) is 7.75. The number of carbonyl (C=O) groups excluding carboxylic acids is 2. The van der Waals surface area contributed by atoms with Gasteiger partial charge in [0.15, 0.2) is 0 Å². The Bertz CT molecular complexity index is 904. The maximum absolute atomic E-state index is 12.3. The highest BCUT2D eigenvalue weighted by atomic mass is 32.1. The zero-order valence-electron chi connectivity index (χ0n) is 14.5. The first kappa shape index (κ1) is 17.9. The van der Waals surface area contributed by atoms with Gasteiger partial charge in [-0.2, -0.15) is 0 Å². The average Bonchev–Trinajstić information content (AvgIpc) is 3.17. The lowest BCUT2D eigenvalue weighted by atomic mass is 10.1. The molecule has 3 aromatic rings. The predicted octanol–water partition coefficient (Wildman–Crippen LogP) is 4.48. The number of hydrogen-bond donors (Lipinski definition) is 2. The standard InChI is InChI=1S/C21H20N2O2S/c1-15-7-2-3-8-16(15)21(25)22-13-12-20(24)23-18-10-5-4-9-17(18)19-11-6-14-26-19/h2-11,14H,12-13H2,1H3,(H,22,25)(H,23,24). The minimum Gasteiger partial charge on any atom is -0.352 e. The summed E-state index contributed by atoms with van der Waals surface area (Å²) in [7, 11) is 0. The van der Waals surface area contributed by atoms with Crippen LogP contribution in [0, 0.1) is 6.92 Å². The van der Waals surface area contributed by atoms with Gasteiger partial charge in [0, 0.05) is 34.7 Å². The van der Waals surface area contributed by atoms with Gasteiger partial charge in [0.1, 0.15) is 0 Å².